The molecule has 3 amide bonds. The molecular formula is C79H86Cl4N14O10. The molecule has 14 rings (SSSR count). The van der Waals surface area contributed by atoms with Gasteiger partial charge in [0.1, 0.15) is 5.60 Å². The molecule has 560 valence electrons. The number of imidazole rings is 2. The number of hydrogen-bond acceptors (Lipinski definition) is 19. The van der Waals surface area contributed by atoms with Crippen LogP contribution in [0.2, 0.25) is 20.1 Å². The zero-order valence-corrected chi connectivity index (χ0v) is 64.0. The van der Waals surface area contributed by atoms with Crippen LogP contribution >= 0.6 is 46.4 Å². The van der Waals surface area contributed by atoms with Crippen LogP contribution in [0.15, 0.2) is 122 Å². The summed E-state index contributed by atoms with van der Waals surface area (Å²) in [5, 5.41) is 38.2. The van der Waals surface area contributed by atoms with Gasteiger partial charge in [-0.3, -0.25) is 19.6 Å². The average molecular weight is 1530 g/mol. The van der Waals surface area contributed by atoms with Crippen LogP contribution in [-0.2, 0) is 40.5 Å². The number of ether oxygens (including phenoxy) is 5. The van der Waals surface area contributed by atoms with Gasteiger partial charge < -0.3 is 74.2 Å². The van der Waals surface area contributed by atoms with E-state index in [4.69, 9.17) is 90.0 Å². The maximum Gasteiger partial charge on any atom is 0.410 e. The number of aromatic nitrogens is 8. The lowest BCUT2D eigenvalue weighted by Crippen LogP contribution is -2.51. The number of benzene rings is 2. The smallest absolute Gasteiger partial charge is 0.410 e. The molecule has 10 heterocycles. The molecule has 0 spiro atoms. The van der Waals surface area contributed by atoms with E-state index in [2.05, 4.69) is 36.6 Å². The van der Waals surface area contributed by atoms with E-state index in [9.17, 15) is 24.6 Å². The van der Waals surface area contributed by atoms with Crippen molar-refractivity contribution in [1.82, 2.24) is 70.2 Å². The Morgan fingerprint density at radius 2 is 1.03 bits per heavy atom. The molecule has 2 saturated carbocycles. The molecule has 2 aliphatic carbocycles. The molecule has 4 aliphatic rings. The number of nitrogens with one attached hydrogen (secondary N) is 5. The van der Waals surface area contributed by atoms with Gasteiger partial charge in [0.2, 0.25) is 23.6 Å². The van der Waals surface area contributed by atoms with E-state index in [0.717, 1.165) is 64.0 Å². The number of methoxy groups -OCH3 is 4. The molecular weight excluding hydrogens is 1450 g/mol. The van der Waals surface area contributed by atoms with Gasteiger partial charge in [-0.15, -0.1) is 0 Å². The first-order valence-corrected chi connectivity index (χ1v) is 37.0. The molecule has 24 nitrogen and oxygen atoms in total. The Kier molecular flexibility index (Phi) is 22.7. The number of fused-ring (bicyclic) bond motifs is 2. The second-order valence-electron chi connectivity index (χ2n) is 29.2. The van der Waals surface area contributed by atoms with Gasteiger partial charge in [-0.25, -0.2) is 24.7 Å². The van der Waals surface area contributed by atoms with Gasteiger partial charge >= 0.3 is 6.09 Å². The highest BCUT2D eigenvalue weighted by atomic mass is 35.5. The van der Waals surface area contributed by atoms with E-state index in [0.29, 0.717) is 158 Å². The summed E-state index contributed by atoms with van der Waals surface area (Å²) in [5.41, 5.74) is 10.7. The van der Waals surface area contributed by atoms with Crippen molar-refractivity contribution >= 4 is 75.6 Å². The summed E-state index contributed by atoms with van der Waals surface area (Å²) in [6.07, 6.45) is 16.0. The van der Waals surface area contributed by atoms with Crippen molar-refractivity contribution in [3.8, 4) is 90.5 Å². The number of rotatable bonds is 24. The third kappa shape index (κ3) is 17.4. The topological polar surface area (TPSA) is 287 Å². The van der Waals surface area contributed by atoms with E-state index in [1.54, 1.807) is 38.6 Å². The Morgan fingerprint density at radius 3 is 1.47 bits per heavy atom. The van der Waals surface area contributed by atoms with Gasteiger partial charge in [-0.1, -0.05) is 88.9 Å². The molecule has 8 aromatic heterocycles. The molecule has 2 aliphatic heterocycles. The molecule has 2 aromatic carbocycles. The molecule has 0 radical (unpaired) electrons. The minimum atomic E-state index is -0.705. The van der Waals surface area contributed by atoms with Crippen LogP contribution in [0.1, 0.15) is 109 Å². The summed E-state index contributed by atoms with van der Waals surface area (Å²) in [5.74, 6) is 2.03. The van der Waals surface area contributed by atoms with E-state index in [1.807, 2.05) is 153 Å². The summed E-state index contributed by atoms with van der Waals surface area (Å²) >= 11 is 28.6. The number of pyridine rings is 6. The minimum Gasteiger partial charge on any atom is -0.493 e. The quantitative estimate of drug-likeness (QED) is 0.0296. The van der Waals surface area contributed by atoms with Crippen LogP contribution in [0, 0.1) is 0 Å². The summed E-state index contributed by atoms with van der Waals surface area (Å²) in [4.78, 5) is 66.8. The lowest BCUT2D eigenvalue weighted by molar-refractivity contribution is -0.120. The van der Waals surface area contributed by atoms with Crippen LogP contribution in [0.5, 0.6) is 23.3 Å². The molecule has 0 unspecified atom stereocenters. The fourth-order valence-corrected chi connectivity index (χ4v) is 15.5. The number of carbonyl (C=O) groups is 3. The van der Waals surface area contributed by atoms with E-state index in [-0.39, 0.29) is 49.1 Å². The number of aliphatic hydroxyl groups is 2. The van der Waals surface area contributed by atoms with E-state index < -0.39 is 22.9 Å². The number of hydrogen-bond donors (Lipinski definition) is 7. The monoisotopic (exact) mass is 1530 g/mol. The van der Waals surface area contributed by atoms with Gasteiger partial charge in [-0.05, 0) is 116 Å². The maximum absolute atomic E-state index is 13.3. The summed E-state index contributed by atoms with van der Waals surface area (Å²) in [6, 6.07) is 26.9. The van der Waals surface area contributed by atoms with Crippen molar-refractivity contribution in [2.45, 2.75) is 153 Å². The van der Waals surface area contributed by atoms with Gasteiger partial charge in [0, 0.05) is 163 Å². The molecule has 28 heteroatoms. The molecule has 0 bridgehead atoms. The van der Waals surface area contributed by atoms with Crippen molar-refractivity contribution in [3.63, 3.8) is 0 Å². The molecule has 2 atom stereocenters. The second kappa shape index (κ2) is 31.9. The minimum absolute atomic E-state index is 0.0354. The number of nitrogens with zero attached hydrogens (tertiary/aromatic N) is 9. The highest BCUT2D eigenvalue weighted by Crippen LogP contribution is 2.45. The first-order chi connectivity index (χ1) is 51.2. The highest BCUT2D eigenvalue weighted by Gasteiger charge is 2.39. The van der Waals surface area contributed by atoms with E-state index >= 15 is 0 Å². The zero-order chi connectivity index (χ0) is 75.6. The van der Waals surface area contributed by atoms with Crippen molar-refractivity contribution in [3.05, 3.63) is 165 Å². The third-order valence-electron chi connectivity index (χ3n) is 19.5. The number of halogens is 4. The van der Waals surface area contributed by atoms with Crippen LogP contribution in [0.25, 0.3) is 78.6 Å². The lowest BCUT2D eigenvalue weighted by atomic mass is 9.77. The number of amides is 3. The normalized spacial score (nSPS) is 19.7. The Morgan fingerprint density at radius 1 is 0.579 bits per heavy atom. The molecule has 7 N–H and O–H groups in total. The SMILES string of the molecule is COc1nc(-c2cccc(-c3ccnc(-c4cc(OC)c5nc(CNC6CC(C)(O)C6)cn5c4)c3Cl)c2Cl)ccc1CN(C[C@@H]1CCC(=O)N1)C(=O)OC(C)(C)C.COc1nc(-c2cccc(-c3ccnc(-c4cc(OC)c5nc(CNC6CC(C)(O)C6)cn5c4)c3Cl)c2Cl)ccc1CNC[C@@H]1CCC(=O)N1. The van der Waals surface area contributed by atoms with Crippen molar-refractivity contribution in [1.29, 1.82) is 0 Å². The fourth-order valence-electron chi connectivity index (χ4n) is 14.2. The van der Waals surface area contributed by atoms with Crippen molar-refractivity contribution < 1.29 is 48.3 Å². The zero-order valence-electron chi connectivity index (χ0n) is 61.0. The number of carbonyl (C=O) groups excluding carboxylic acids is 3. The van der Waals surface area contributed by atoms with Gasteiger partial charge in [-0.2, -0.15) is 0 Å². The van der Waals surface area contributed by atoms with Crippen molar-refractivity contribution in [2.75, 3.05) is 41.5 Å². The standard InChI is InChI=1S/C42H47Cl2N7O6.C37H39Cl2N7O4/c1-41(2,3)57-40(53)51(22-26-11-13-34(52)47-26)20-24-10-12-32(49-39(24)56-6)31-9-7-8-29(35(31)43)30-14-15-45-37(36(30)44)25-16-33(55-5)38-48-28(23-50(38)21-25)19-46-27-17-42(4,54)18-27;1-37(48)14-24(15-37)42-18-25-20-46-19-22(13-30(49-2)35(46)44-25)34-33(39)27(11-12-41-34)26-5-4-6-28(32(26)38)29-9-7-21(36(45-29)50-3)16-40-17-23-8-10-31(47)43-23/h7-10,12,14-16,21,23,26-27,46,54H,11,13,17-20,22H2,1-6H3,(H,47,52);4-7,9,11-13,19-20,23-24,40,42,48H,8,10,14-18H2,1-3H3,(H,43,47)/t26-,27?,42?;23-,24?,37?/m00/s1. The van der Waals surface area contributed by atoms with Crippen LogP contribution in [0.3, 0.4) is 0 Å². The molecule has 107 heavy (non-hydrogen) atoms. The Bertz CT molecular complexity index is 4990. The Labute approximate surface area is 640 Å². The Hall–Kier alpha value is -9.21. The summed E-state index contributed by atoms with van der Waals surface area (Å²) < 4.78 is 32.4. The fraction of sp³-hybridized carbons (Fsp3) is 0.380. The summed E-state index contributed by atoms with van der Waals surface area (Å²) in [6.45, 7) is 11.9. The third-order valence-corrected chi connectivity index (χ3v) is 21.1. The van der Waals surface area contributed by atoms with Crippen molar-refractivity contribution in [2.24, 2.45) is 0 Å². The molecule has 4 fully saturated rings. The van der Waals surface area contributed by atoms with Gasteiger partial charge in [0.05, 0.1) is 100 Å². The molecule has 2 saturated heterocycles. The largest absolute Gasteiger partial charge is 0.493 e. The first-order valence-electron chi connectivity index (χ1n) is 35.5. The van der Waals surface area contributed by atoms with Crippen LogP contribution < -0.4 is 45.5 Å². The maximum atomic E-state index is 13.3. The molecule has 10 aromatic rings. The predicted molar refractivity (Wildman–Crippen MR) is 412 cm³/mol. The second-order valence-corrected chi connectivity index (χ2v) is 30.7. The van der Waals surface area contributed by atoms with E-state index in [1.165, 1.54) is 7.11 Å². The average Bonchev–Trinajstić information content (AvgIpc) is 1.77. The van der Waals surface area contributed by atoms with Crippen LogP contribution in [0.4, 0.5) is 4.79 Å². The Balaban J connectivity index is 0.000000191. The van der Waals surface area contributed by atoms with Gasteiger partial charge in [0.25, 0.3) is 0 Å². The first kappa shape index (κ1) is 76.0. The lowest BCUT2D eigenvalue weighted by Gasteiger charge is -2.41. The van der Waals surface area contributed by atoms with Crippen LogP contribution in [-0.4, -0.2) is 154 Å². The van der Waals surface area contributed by atoms with Gasteiger partial charge in [0.15, 0.2) is 22.8 Å². The highest BCUT2D eigenvalue weighted by molar-refractivity contribution is 6.40. The predicted octanol–water partition coefficient (Wildman–Crippen LogP) is 13.3. The summed E-state index contributed by atoms with van der Waals surface area (Å²) in [7, 11) is 6.33.